The van der Waals surface area contributed by atoms with Crippen molar-refractivity contribution in [3.05, 3.63) is 45.2 Å². The number of halogens is 1. The Labute approximate surface area is 128 Å². The van der Waals surface area contributed by atoms with Crippen LogP contribution < -0.4 is 4.72 Å². The van der Waals surface area contributed by atoms with Crippen LogP contribution in [0.25, 0.3) is 0 Å². The second-order valence-corrected chi connectivity index (χ2v) is 7.96. The van der Waals surface area contributed by atoms with Crippen LogP contribution in [0.1, 0.15) is 15.2 Å². The molecule has 1 heterocycles. The fourth-order valence-corrected chi connectivity index (χ4v) is 4.37. The van der Waals surface area contributed by atoms with Crippen LogP contribution in [-0.2, 0) is 10.0 Å². The van der Waals surface area contributed by atoms with Gasteiger partial charge in [0.05, 0.1) is 5.69 Å². The Hall–Kier alpha value is -1.38. The maximum Gasteiger partial charge on any atom is 0.345 e. The van der Waals surface area contributed by atoms with E-state index in [1.807, 2.05) is 13.0 Å². The highest BCUT2D eigenvalue weighted by Gasteiger charge is 2.19. The summed E-state index contributed by atoms with van der Waals surface area (Å²) in [4.78, 5) is 10.8. The number of rotatable bonds is 4. The van der Waals surface area contributed by atoms with Crippen LogP contribution in [0, 0.1) is 6.92 Å². The highest BCUT2D eigenvalue weighted by molar-refractivity contribution is 9.10. The Kier molecular flexibility index (Phi) is 4.17. The van der Waals surface area contributed by atoms with Crippen LogP contribution >= 0.6 is 27.3 Å². The second-order valence-electron chi connectivity index (χ2n) is 4.05. The van der Waals surface area contributed by atoms with Crippen LogP contribution in [0.4, 0.5) is 5.69 Å². The van der Waals surface area contributed by atoms with Gasteiger partial charge in [-0.15, -0.1) is 11.3 Å². The topological polar surface area (TPSA) is 83.5 Å². The molecule has 8 heteroatoms. The number of carboxylic acid groups (broad SMARTS) is 1. The van der Waals surface area contributed by atoms with Gasteiger partial charge in [0.15, 0.2) is 0 Å². The number of hydrogen-bond acceptors (Lipinski definition) is 4. The molecule has 0 saturated carbocycles. The zero-order chi connectivity index (χ0) is 14.9. The first kappa shape index (κ1) is 15.0. The molecule has 2 aromatic rings. The second kappa shape index (κ2) is 5.55. The van der Waals surface area contributed by atoms with Gasteiger partial charge in [0, 0.05) is 4.47 Å². The predicted octanol–water partition coefficient (Wildman–Crippen LogP) is 3.32. The van der Waals surface area contributed by atoms with E-state index in [2.05, 4.69) is 20.7 Å². The van der Waals surface area contributed by atoms with E-state index in [1.54, 1.807) is 12.1 Å². The van der Waals surface area contributed by atoms with Crippen molar-refractivity contribution in [1.82, 2.24) is 0 Å². The number of nitrogens with one attached hydrogen (secondary N) is 1. The van der Waals surface area contributed by atoms with E-state index in [-0.39, 0.29) is 9.09 Å². The first-order valence-corrected chi connectivity index (χ1v) is 8.50. The third-order valence-corrected chi connectivity index (χ3v) is 5.76. The third kappa shape index (κ3) is 3.38. The molecule has 0 spiro atoms. The van der Waals surface area contributed by atoms with Crippen LogP contribution in [0.2, 0.25) is 0 Å². The van der Waals surface area contributed by atoms with Gasteiger partial charge in [-0.05, 0) is 42.8 Å². The van der Waals surface area contributed by atoms with E-state index in [0.717, 1.165) is 10.0 Å². The molecule has 2 N–H and O–H groups in total. The molecular formula is C12H10BrNO4S2. The molecule has 0 atom stereocenters. The minimum atomic E-state index is -3.78. The lowest BCUT2D eigenvalue weighted by molar-refractivity contribution is 0.0702. The number of carboxylic acids is 1. The smallest absolute Gasteiger partial charge is 0.345 e. The lowest BCUT2D eigenvalue weighted by Gasteiger charge is -2.07. The quantitative estimate of drug-likeness (QED) is 0.858. The van der Waals surface area contributed by atoms with Crippen LogP contribution in [-0.4, -0.2) is 19.5 Å². The summed E-state index contributed by atoms with van der Waals surface area (Å²) in [5.41, 5.74) is 1.32. The standard InChI is InChI=1S/C12H10BrNO4S2/c1-7-4-8(13)6-9(5-7)14-20(17,18)11-3-2-10(19-11)12(15)16/h2-6,14H,1H3,(H,15,16). The SMILES string of the molecule is Cc1cc(Br)cc(NS(=O)(=O)c2ccc(C(=O)O)s2)c1. The number of aryl methyl sites for hydroxylation is 1. The highest BCUT2D eigenvalue weighted by Crippen LogP contribution is 2.26. The summed E-state index contributed by atoms with van der Waals surface area (Å²) in [6, 6.07) is 7.73. The first-order valence-electron chi connectivity index (χ1n) is 5.41. The van der Waals surface area contributed by atoms with Crippen LogP contribution in [0.5, 0.6) is 0 Å². The molecule has 1 aromatic carbocycles. The van der Waals surface area contributed by atoms with E-state index in [0.29, 0.717) is 17.0 Å². The third-order valence-electron chi connectivity index (χ3n) is 2.35. The molecule has 1 aromatic heterocycles. The zero-order valence-corrected chi connectivity index (χ0v) is 13.5. The number of thiophene rings is 1. The van der Waals surface area contributed by atoms with E-state index < -0.39 is 16.0 Å². The number of benzene rings is 1. The minimum absolute atomic E-state index is 0.0178. The fourth-order valence-electron chi connectivity index (χ4n) is 1.58. The molecule has 106 valence electrons. The molecule has 2 rings (SSSR count). The summed E-state index contributed by atoms with van der Waals surface area (Å²) < 4.78 is 27.5. The number of aromatic carboxylic acids is 1. The van der Waals surface area contributed by atoms with Gasteiger partial charge in [0.2, 0.25) is 0 Å². The zero-order valence-electron chi connectivity index (χ0n) is 10.3. The van der Waals surface area contributed by atoms with E-state index >= 15 is 0 Å². The lowest BCUT2D eigenvalue weighted by Crippen LogP contribution is -2.11. The first-order chi connectivity index (χ1) is 9.28. The summed E-state index contributed by atoms with van der Waals surface area (Å²) in [6.07, 6.45) is 0. The van der Waals surface area contributed by atoms with E-state index in [1.165, 1.54) is 12.1 Å². The maximum atomic E-state index is 12.2. The normalized spacial score (nSPS) is 11.3. The number of anilines is 1. The van der Waals surface area contributed by atoms with Crippen molar-refractivity contribution in [3.63, 3.8) is 0 Å². The summed E-state index contributed by atoms with van der Waals surface area (Å²) >= 11 is 4.00. The van der Waals surface area contributed by atoms with Gasteiger partial charge in [-0.1, -0.05) is 15.9 Å². The molecule has 5 nitrogen and oxygen atoms in total. The Morgan fingerprint density at radius 1 is 1.30 bits per heavy atom. The molecule has 0 radical (unpaired) electrons. The fraction of sp³-hybridized carbons (Fsp3) is 0.0833. The summed E-state index contributed by atoms with van der Waals surface area (Å²) in [5, 5.41) is 8.82. The van der Waals surface area contributed by atoms with Gasteiger partial charge in [0.25, 0.3) is 10.0 Å². The molecule has 0 unspecified atom stereocenters. The van der Waals surface area contributed by atoms with Gasteiger partial charge in [-0.3, -0.25) is 4.72 Å². The molecule has 0 aliphatic heterocycles. The van der Waals surface area contributed by atoms with Gasteiger partial charge >= 0.3 is 5.97 Å². The Morgan fingerprint density at radius 2 is 2.00 bits per heavy atom. The number of sulfonamides is 1. The van der Waals surface area contributed by atoms with Crippen LogP contribution in [0.15, 0.2) is 39.0 Å². The monoisotopic (exact) mass is 375 g/mol. The minimum Gasteiger partial charge on any atom is -0.477 e. The van der Waals surface area contributed by atoms with Crippen molar-refractivity contribution in [2.45, 2.75) is 11.1 Å². The lowest BCUT2D eigenvalue weighted by atomic mass is 10.2. The van der Waals surface area contributed by atoms with Crippen molar-refractivity contribution in [3.8, 4) is 0 Å². The van der Waals surface area contributed by atoms with E-state index in [9.17, 15) is 13.2 Å². The van der Waals surface area contributed by atoms with Crippen LogP contribution in [0.3, 0.4) is 0 Å². The Morgan fingerprint density at radius 3 is 2.55 bits per heavy atom. The Bertz CT molecular complexity index is 747. The molecule has 0 aliphatic carbocycles. The summed E-state index contributed by atoms with van der Waals surface area (Å²) in [7, 11) is -3.78. The largest absolute Gasteiger partial charge is 0.477 e. The van der Waals surface area contributed by atoms with Gasteiger partial charge in [0.1, 0.15) is 9.09 Å². The average Bonchev–Trinajstić information content (AvgIpc) is 2.76. The highest BCUT2D eigenvalue weighted by atomic mass is 79.9. The number of carbonyl (C=O) groups is 1. The maximum absolute atomic E-state index is 12.2. The molecule has 0 aliphatic rings. The molecule has 0 fully saturated rings. The van der Waals surface area contributed by atoms with Crippen molar-refractivity contribution < 1.29 is 18.3 Å². The van der Waals surface area contributed by atoms with Gasteiger partial charge in [-0.25, -0.2) is 13.2 Å². The van der Waals surface area contributed by atoms with Gasteiger partial charge < -0.3 is 5.11 Å². The van der Waals surface area contributed by atoms with E-state index in [4.69, 9.17) is 5.11 Å². The average molecular weight is 376 g/mol. The molecule has 0 bridgehead atoms. The number of hydrogen-bond donors (Lipinski definition) is 2. The molecule has 0 saturated heterocycles. The predicted molar refractivity (Wildman–Crippen MR) is 81.0 cm³/mol. The summed E-state index contributed by atoms with van der Waals surface area (Å²) in [6.45, 7) is 1.84. The molecular weight excluding hydrogens is 366 g/mol. The van der Waals surface area contributed by atoms with Crippen molar-refractivity contribution in [2.75, 3.05) is 4.72 Å². The molecule has 0 amide bonds. The summed E-state index contributed by atoms with van der Waals surface area (Å²) in [5.74, 6) is -1.14. The van der Waals surface area contributed by atoms with Gasteiger partial charge in [-0.2, -0.15) is 0 Å². The molecule has 20 heavy (non-hydrogen) atoms. The van der Waals surface area contributed by atoms with Crippen molar-refractivity contribution in [2.24, 2.45) is 0 Å². The van der Waals surface area contributed by atoms with Crippen molar-refractivity contribution >= 4 is 48.9 Å². The van der Waals surface area contributed by atoms with Crippen molar-refractivity contribution in [1.29, 1.82) is 0 Å². The Balaban J connectivity index is 2.32.